The summed E-state index contributed by atoms with van der Waals surface area (Å²) in [6.07, 6.45) is 2.67. The number of nitrogens with zero attached hydrogens (tertiary/aromatic N) is 1. The van der Waals surface area contributed by atoms with Crippen LogP contribution in [0.5, 0.6) is 5.75 Å². The standard InChI is InChI=1S/C14H22N2O/c1-12(15)13-5-4-6-14(11-13)17-10-9-16-7-2-3-8-16/h4-6,11-12H,2-3,7-10,15H2,1H3. The zero-order chi connectivity index (χ0) is 12.1. The molecule has 0 amide bonds. The smallest absolute Gasteiger partial charge is 0.119 e. The SMILES string of the molecule is CC(N)c1cccc(OCCN2CCCC2)c1. The molecule has 2 rings (SSSR count). The first-order valence-corrected chi connectivity index (χ1v) is 6.46. The lowest BCUT2D eigenvalue weighted by Crippen LogP contribution is -2.25. The Bertz CT molecular complexity index is 346. The van der Waals surface area contributed by atoms with Gasteiger partial charge in [-0.05, 0) is 50.6 Å². The molecule has 1 aliphatic rings. The average molecular weight is 234 g/mol. The van der Waals surface area contributed by atoms with Crippen LogP contribution in [0.2, 0.25) is 0 Å². The molecule has 1 saturated heterocycles. The van der Waals surface area contributed by atoms with E-state index in [1.807, 2.05) is 31.2 Å². The summed E-state index contributed by atoms with van der Waals surface area (Å²) >= 11 is 0. The van der Waals surface area contributed by atoms with Crippen LogP contribution in [0.3, 0.4) is 0 Å². The predicted molar refractivity (Wildman–Crippen MR) is 70.2 cm³/mol. The van der Waals surface area contributed by atoms with Gasteiger partial charge in [-0.25, -0.2) is 0 Å². The highest BCUT2D eigenvalue weighted by Gasteiger charge is 2.10. The maximum Gasteiger partial charge on any atom is 0.119 e. The van der Waals surface area contributed by atoms with Crippen molar-refractivity contribution in [2.24, 2.45) is 5.73 Å². The summed E-state index contributed by atoms with van der Waals surface area (Å²) in [5.74, 6) is 0.930. The monoisotopic (exact) mass is 234 g/mol. The molecule has 0 radical (unpaired) electrons. The van der Waals surface area contributed by atoms with Gasteiger partial charge in [0.2, 0.25) is 0 Å². The summed E-state index contributed by atoms with van der Waals surface area (Å²) in [7, 11) is 0. The second-order valence-electron chi connectivity index (χ2n) is 4.76. The van der Waals surface area contributed by atoms with Crippen LogP contribution in [-0.2, 0) is 0 Å². The van der Waals surface area contributed by atoms with E-state index in [0.29, 0.717) is 0 Å². The summed E-state index contributed by atoms with van der Waals surface area (Å²) in [5.41, 5.74) is 6.98. The number of ether oxygens (including phenoxy) is 1. The maximum absolute atomic E-state index is 5.85. The molecule has 1 heterocycles. The molecule has 94 valence electrons. The van der Waals surface area contributed by atoms with E-state index < -0.39 is 0 Å². The molecule has 3 heteroatoms. The van der Waals surface area contributed by atoms with Crippen LogP contribution >= 0.6 is 0 Å². The molecule has 17 heavy (non-hydrogen) atoms. The summed E-state index contributed by atoms with van der Waals surface area (Å²) < 4.78 is 5.76. The Kier molecular flexibility index (Phi) is 4.40. The molecule has 2 N–H and O–H groups in total. The summed E-state index contributed by atoms with van der Waals surface area (Å²) in [6, 6.07) is 8.14. The van der Waals surface area contributed by atoms with E-state index in [0.717, 1.165) is 24.5 Å². The number of hydrogen-bond acceptors (Lipinski definition) is 3. The fraction of sp³-hybridized carbons (Fsp3) is 0.571. The van der Waals surface area contributed by atoms with E-state index in [1.54, 1.807) is 0 Å². The molecule has 0 spiro atoms. The van der Waals surface area contributed by atoms with E-state index in [-0.39, 0.29) is 6.04 Å². The summed E-state index contributed by atoms with van der Waals surface area (Å²) in [5, 5.41) is 0. The minimum Gasteiger partial charge on any atom is -0.492 e. The molecular formula is C14H22N2O. The van der Waals surface area contributed by atoms with Crippen molar-refractivity contribution < 1.29 is 4.74 Å². The molecule has 1 unspecified atom stereocenters. The lowest BCUT2D eigenvalue weighted by Gasteiger charge is -2.15. The van der Waals surface area contributed by atoms with Crippen molar-refractivity contribution in [2.75, 3.05) is 26.2 Å². The lowest BCUT2D eigenvalue weighted by molar-refractivity contribution is 0.237. The Labute approximate surface area is 104 Å². The van der Waals surface area contributed by atoms with Gasteiger partial charge in [-0.1, -0.05) is 12.1 Å². The Hall–Kier alpha value is -1.06. The molecule has 1 aromatic rings. The number of hydrogen-bond donors (Lipinski definition) is 1. The molecule has 3 nitrogen and oxygen atoms in total. The molecule has 1 aliphatic heterocycles. The quantitative estimate of drug-likeness (QED) is 0.848. The molecule has 1 aromatic carbocycles. The minimum absolute atomic E-state index is 0.0668. The van der Waals surface area contributed by atoms with Crippen LogP contribution in [0.15, 0.2) is 24.3 Å². The van der Waals surface area contributed by atoms with Crippen LogP contribution in [0, 0.1) is 0 Å². The molecule has 0 saturated carbocycles. The van der Waals surface area contributed by atoms with Crippen molar-refractivity contribution in [3.8, 4) is 5.75 Å². The first-order valence-electron chi connectivity index (χ1n) is 6.46. The number of benzene rings is 1. The van der Waals surface area contributed by atoms with Crippen LogP contribution in [0.4, 0.5) is 0 Å². The zero-order valence-corrected chi connectivity index (χ0v) is 10.6. The Morgan fingerprint density at radius 3 is 2.82 bits per heavy atom. The van der Waals surface area contributed by atoms with E-state index in [1.165, 1.54) is 25.9 Å². The maximum atomic E-state index is 5.85. The highest BCUT2D eigenvalue weighted by atomic mass is 16.5. The second-order valence-corrected chi connectivity index (χ2v) is 4.76. The van der Waals surface area contributed by atoms with E-state index in [4.69, 9.17) is 10.5 Å². The topological polar surface area (TPSA) is 38.5 Å². The number of rotatable bonds is 5. The third-order valence-electron chi connectivity index (χ3n) is 3.26. The first kappa shape index (κ1) is 12.4. The lowest BCUT2D eigenvalue weighted by atomic mass is 10.1. The Balaban J connectivity index is 1.79. The van der Waals surface area contributed by atoms with Crippen molar-refractivity contribution in [3.63, 3.8) is 0 Å². The second kappa shape index (κ2) is 6.03. The van der Waals surface area contributed by atoms with Gasteiger partial charge < -0.3 is 10.5 Å². The highest BCUT2D eigenvalue weighted by molar-refractivity contribution is 5.30. The van der Waals surface area contributed by atoms with Crippen molar-refractivity contribution >= 4 is 0 Å². The van der Waals surface area contributed by atoms with Crippen molar-refractivity contribution in [3.05, 3.63) is 29.8 Å². The molecule has 1 atom stereocenters. The van der Waals surface area contributed by atoms with Gasteiger partial charge in [-0.15, -0.1) is 0 Å². The van der Waals surface area contributed by atoms with Crippen LogP contribution in [-0.4, -0.2) is 31.1 Å². The third-order valence-corrected chi connectivity index (χ3v) is 3.26. The van der Waals surface area contributed by atoms with E-state index >= 15 is 0 Å². The van der Waals surface area contributed by atoms with Gasteiger partial charge in [-0.2, -0.15) is 0 Å². The van der Waals surface area contributed by atoms with Gasteiger partial charge >= 0.3 is 0 Å². The Morgan fingerprint density at radius 2 is 2.12 bits per heavy atom. The fourth-order valence-corrected chi connectivity index (χ4v) is 2.19. The van der Waals surface area contributed by atoms with Crippen LogP contribution in [0.25, 0.3) is 0 Å². The molecular weight excluding hydrogens is 212 g/mol. The zero-order valence-electron chi connectivity index (χ0n) is 10.6. The van der Waals surface area contributed by atoms with Gasteiger partial charge in [0.15, 0.2) is 0 Å². The number of likely N-dealkylation sites (tertiary alicyclic amines) is 1. The third kappa shape index (κ3) is 3.72. The van der Waals surface area contributed by atoms with Crippen LogP contribution in [0.1, 0.15) is 31.4 Å². The van der Waals surface area contributed by atoms with Crippen LogP contribution < -0.4 is 10.5 Å². The van der Waals surface area contributed by atoms with Gasteiger partial charge in [-0.3, -0.25) is 4.90 Å². The predicted octanol–water partition coefficient (Wildman–Crippen LogP) is 2.18. The minimum atomic E-state index is 0.0668. The first-order chi connectivity index (χ1) is 8.25. The van der Waals surface area contributed by atoms with E-state index in [2.05, 4.69) is 4.90 Å². The Morgan fingerprint density at radius 1 is 1.35 bits per heavy atom. The summed E-state index contributed by atoms with van der Waals surface area (Å²) in [4.78, 5) is 2.45. The number of nitrogens with two attached hydrogens (primary N) is 1. The highest BCUT2D eigenvalue weighted by Crippen LogP contribution is 2.17. The molecule has 0 aliphatic carbocycles. The van der Waals surface area contributed by atoms with Gasteiger partial charge in [0.25, 0.3) is 0 Å². The van der Waals surface area contributed by atoms with E-state index in [9.17, 15) is 0 Å². The van der Waals surface area contributed by atoms with Gasteiger partial charge in [0.1, 0.15) is 12.4 Å². The van der Waals surface area contributed by atoms with Gasteiger partial charge in [0, 0.05) is 12.6 Å². The average Bonchev–Trinajstić information content (AvgIpc) is 2.82. The summed E-state index contributed by atoms with van der Waals surface area (Å²) in [6.45, 7) is 6.24. The van der Waals surface area contributed by atoms with Crippen molar-refractivity contribution in [1.29, 1.82) is 0 Å². The molecule has 0 aromatic heterocycles. The molecule has 0 bridgehead atoms. The van der Waals surface area contributed by atoms with Gasteiger partial charge in [0.05, 0.1) is 0 Å². The normalized spacial score (nSPS) is 18.2. The van der Waals surface area contributed by atoms with Crippen molar-refractivity contribution in [2.45, 2.75) is 25.8 Å². The fourth-order valence-electron chi connectivity index (χ4n) is 2.19. The van der Waals surface area contributed by atoms with Crippen molar-refractivity contribution in [1.82, 2.24) is 4.90 Å². The largest absolute Gasteiger partial charge is 0.492 e. The molecule has 1 fully saturated rings.